The molecule has 20 heavy (non-hydrogen) atoms. The minimum atomic E-state index is -1.30. The van der Waals surface area contributed by atoms with E-state index in [1.165, 1.54) is 23.5 Å². The van der Waals surface area contributed by atoms with Gasteiger partial charge in [-0.2, -0.15) is 0 Å². The van der Waals surface area contributed by atoms with Gasteiger partial charge < -0.3 is 5.11 Å². The Morgan fingerprint density at radius 1 is 1.10 bits per heavy atom. The van der Waals surface area contributed by atoms with Crippen LogP contribution >= 0.6 is 11.3 Å². The van der Waals surface area contributed by atoms with Gasteiger partial charge in [0, 0.05) is 10.3 Å². The molecule has 3 rings (SSSR count). The van der Waals surface area contributed by atoms with Gasteiger partial charge in [0.2, 0.25) is 0 Å². The monoisotopic (exact) mass is 290 g/mol. The molecule has 1 aromatic heterocycles. The lowest BCUT2D eigenvalue weighted by Crippen LogP contribution is -2.06. The molecule has 0 radical (unpaired) electrons. The van der Waals surface area contributed by atoms with Gasteiger partial charge in [-0.15, -0.1) is 11.3 Å². The molecule has 0 saturated heterocycles. The third-order valence-electron chi connectivity index (χ3n) is 3.40. The molecule has 0 amide bonds. The zero-order chi connectivity index (χ0) is 14.3. The largest absolute Gasteiger partial charge is 0.383 e. The number of aryl methyl sites for hydroxylation is 1. The average molecular weight is 290 g/mol. The van der Waals surface area contributed by atoms with Crippen LogP contribution in [0.25, 0.3) is 10.1 Å². The first kappa shape index (κ1) is 13.2. The number of hydrogen-bond acceptors (Lipinski definition) is 2. The quantitative estimate of drug-likeness (QED) is 0.733. The van der Waals surface area contributed by atoms with Crippen LogP contribution in [0.15, 0.2) is 41.8 Å². The van der Waals surface area contributed by atoms with Crippen molar-refractivity contribution in [2.24, 2.45) is 0 Å². The zero-order valence-corrected chi connectivity index (χ0v) is 11.5. The Balaban J connectivity index is 2.18. The highest BCUT2D eigenvalue weighted by Crippen LogP contribution is 2.35. The van der Waals surface area contributed by atoms with E-state index in [-0.39, 0.29) is 5.56 Å². The maximum absolute atomic E-state index is 14.1. The number of aliphatic hydroxyl groups is 1. The van der Waals surface area contributed by atoms with Gasteiger partial charge in [-0.1, -0.05) is 24.3 Å². The highest BCUT2D eigenvalue weighted by molar-refractivity contribution is 7.17. The van der Waals surface area contributed by atoms with Crippen molar-refractivity contribution in [3.63, 3.8) is 0 Å². The lowest BCUT2D eigenvalue weighted by atomic mass is 9.98. The molecule has 0 aliphatic rings. The van der Waals surface area contributed by atoms with Gasteiger partial charge in [0.25, 0.3) is 0 Å². The molecule has 1 unspecified atom stereocenters. The van der Waals surface area contributed by atoms with Gasteiger partial charge in [0.1, 0.15) is 17.7 Å². The van der Waals surface area contributed by atoms with Gasteiger partial charge in [-0.05, 0) is 35.4 Å². The highest BCUT2D eigenvalue weighted by Gasteiger charge is 2.23. The Kier molecular flexibility index (Phi) is 3.28. The first-order chi connectivity index (χ1) is 9.59. The van der Waals surface area contributed by atoms with Gasteiger partial charge >= 0.3 is 0 Å². The van der Waals surface area contributed by atoms with Crippen LogP contribution in [0, 0.1) is 18.6 Å². The van der Waals surface area contributed by atoms with Crippen LogP contribution in [0.2, 0.25) is 0 Å². The number of halogens is 2. The molecular weight excluding hydrogens is 278 g/mol. The third-order valence-corrected chi connectivity index (χ3v) is 4.38. The second-order valence-electron chi connectivity index (χ2n) is 4.68. The second-order valence-corrected chi connectivity index (χ2v) is 5.59. The molecule has 4 heteroatoms. The van der Waals surface area contributed by atoms with Crippen LogP contribution in [-0.2, 0) is 0 Å². The molecule has 102 valence electrons. The maximum atomic E-state index is 14.1. The first-order valence-corrected chi connectivity index (χ1v) is 7.06. The van der Waals surface area contributed by atoms with E-state index in [4.69, 9.17) is 0 Å². The van der Waals surface area contributed by atoms with Crippen LogP contribution in [0.5, 0.6) is 0 Å². The Morgan fingerprint density at radius 2 is 1.85 bits per heavy atom. The van der Waals surface area contributed by atoms with Gasteiger partial charge in [-0.3, -0.25) is 0 Å². The second kappa shape index (κ2) is 4.96. The van der Waals surface area contributed by atoms with Crippen molar-refractivity contribution in [2.75, 3.05) is 0 Å². The van der Waals surface area contributed by atoms with Gasteiger partial charge in [-0.25, -0.2) is 8.78 Å². The van der Waals surface area contributed by atoms with E-state index >= 15 is 0 Å². The first-order valence-electron chi connectivity index (χ1n) is 6.18. The molecule has 1 N–H and O–H groups in total. The Morgan fingerprint density at radius 3 is 2.65 bits per heavy atom. The summed E-state index contributed by atoms with van der Waals surface area (Å²) in [5.74, 6) is -1.41. The van der Waals surface area contributed by atoms with E-state index < -0.39 is 17.7 Å². The molecule has 0 saturated carbocycles. The molecule has 0 aliphatic carbocycles. The van der Waals surface area contributed by atoms with Gasteiger partial charge in [0.15, 0.2) is 0 Å². The van der Waals surface area contributed by atoms with E-state index in [2.05, 4.69) is 0 Å². The summed E-state index contributed by atoms with van der Waals surface area (Å²) in [6.07, 6.45) is -1.30. The topological polar surface area (TPSA) is 20.2 Å². The highest BCUT2D eigenvalue weighted by atomic mass is 32.1. The standard InChI is InChI=1S/C16H12F2OS/c1-9-6-7-12(17)14(15(9)18)16(19)11-8-20-13-5-3-2-4-10(11)13/h2-8,16,19H,1H3. The molecule has 2 aromatic carbocycles. The third kappa shape index (κ3) is 2.01. The number of rotatable bonds is 2. The Hall–Kier alpha value is -1.78. The smallest absolute Gasteiger partial charge is 0.135 e. The lowest BCUT2D eigenvalue weighted by molar-refractivity contribution is 0.210. The molecule has 0 aliphatic heterocycles. The molecule has 0 bridgehead atoms. The number of aliphatic hydroxyl groups excluding tert-OH is 1. The van der Waals surface area contributed by atoms with Crippen molar-refractivity contribution >= 4 is 21.4 Å². The molecule has 1 heterocycles. The summed E-state index contributed by atoms with van der Waals surface area (Å²) in [6, 6.07) is 10.0. The van der Waals surface area contributed by atoms with Crippen molar-refractivity contribution in [1.82, 2.24) is 0 Å². The zero-order valence-electron chi connectivity index (χ0n) is 10.7. The molecule has 1 nitrogen and oxygen atoms in total. The summed E-state index contributed by atoms with van der Waals surface area (Å²) in [7, 11) is 0. The minimum Gasteiger partial charge on any atom is -0.383 e. The van der Waals surface area contributed by atoms with Crippen molar-refractivity contribution < 1.29 is 13.9 Å². The van der Waals surface area contributed by atoms with Crippen molar-refractivity contribution in [1.29, 1.82) is 0 Å². The minimum absolute atomic E-state index is 0.284. The fourth-order valence-electron chi connectivity index (χ4n) is 2.29. The van der Waals surface area contributed by atoms with Crippen LogP contribution in [0.4, 0.5) is 8.78 Å². The van der Waals surface area contributed by atoms with Crippen LogP contribution in [-0.4, -0.2) is 5.11 Å². The summed E-state index contributed by atoms with van der Waals surface area (Å²) < 4.78 is 29.0. The van der Waals surface area contributed by atoms with Gasteiger partial charge in [0.05, 0.1) is 5.56 Å². The molecule has 1 atom stereocenters. The number of hydrogen-bond donors (Lipinski definition) is 1. The Bertz CT molecular complexity index is 779. The predicted octanol–water partition coefficient (Wildman–Crippen LogP) is 4.57. The summed E-state index contributed by atoms with van der Waals surface area (Å²) in [4.78, 5) is 0. The number of thiophene rings is 1. The summed E-state index contributed by atoms with van der Waals surface area (Å²) in [5, 5.41) is 13.0. The number of fused-ring (bicyclic) bond motifs is 1. The molecular formula is C16H12F2OS. The summed E-state index contributed by atoms with van der Waals surface area (Å²) in [5.41, 5.74) is 0.572. The van der Waals surface area contributed by atoms with Crippen molar-refractivity contribution in [2.45, 2.75) is 13.0 Å². The SMILES string of the molecule is Cc1ccc(F)c(C(O)c2csc3ccccc23)c1F. The van der Waals surface area contributed by atoms with Crippen LogP contribution in [0.3, 0.4) is 0 Å². The summed E-state index contributed by atoms with van der Waals surface area (Å²) in [6.45, 7) is 1.55. The van der Waals surface area contributed by atoms with Crippen LogP contribution in [0.1, 0.15) is 22.8 Å². The lowest BCUT2D eigenvalue weighted by Gasteiger charge is -2.14. The van der Waals surface area contributed by atoms with E-state index in [0.29, 0.717) is 11.1 Å². The fourth-order valence-corrected chi connectivity index (χ4v) is 3.27. The average Bonchev–Trinajstić information content (AvgIpc) is 2.87. The van der Waals surface area contributed by atoms with E-state index in [9.17, 15) is 13.9 Å². The van der Waals surface area contributed by atoms with E-state index in [1.807, 2.05) is 24.3 Å². The normalized spacial score (nSPS) is 12.8. The van der Waals surface area contributed by atoms with E-state index in [0.717, 1.165) is 10.1 Å². The fraction of sp³-hybridized carbons (Fsp3) is 0.125. The van der Waals surface area contributed by atoms with E-state index in [1.54, 1.807) is 12.3 Å². The number of benzene rings is 2. The molecule has 0 fully saturated rings. The van der Waals surface area contributed by atoms with Crippen LogP contribution < -0.4 is 0 Å². The summed E-state index contributed by atoms with van der Waals surface area (Å²) >= 11 is 1.45. The van der Waals surface area contributed by atoms with Crippen molar-refractivity contribution in [3.8, 4) is 0 Å². The van der Waals surface area contributed by atoms with Crippen molar-refractivity contribution in [3.05, 3.63) is 70.1 Å². The maximum Gasteiger partial charge on any atom is 0.135 e. The molecule has 0 spiro atoms. The Labute approximate surface area is 119 Å². The molecule has 3 aromatic rings. The predicted molar refractivity (Wildman–Crippen MR) is 77.0 cm³/mol.